The maximum atomic E-state index is 13.0. The number of benzene rings is 1. The van der Waals surface area contributed by atoms with E-state index in [0.717, 1.165) is 37.3 Å². The van der Waals surface area contributed by atoms with Crippen LogP contribution in [0.2, 0.25) is 0 Å². The lowest BCUT2D eigenvalue weighted by Gasteiger charge is -2.30. The Morgan fingerprint density at radius 3 is 2.88 bits per heavy atom. The number of tetrazole rings is 1. The largest absolute Gasteiger partial charge is 0.339 e. The molecule has 0 N–H and O–H groups in total. The van der Waals surface area contributed by atoms with Crippen molar-refractivity contribution in [1.82, 2.24) is 35.2 Å². The van der Waals surface area contributed by atoms with Gasteiger partial charge in [0, 0.05) is 19.2 Å². The molecule has 1 aromatic carbocycles. The van der Waals surface area contributed by atoms with E-state index >= 15 is 0 Å². The van der Waals surface area contributed by atoms with Crippen LogP contribution in [0.5, 0.6) is 0 Å². The molecule has 2 aromatic heterocycles. The summed E-state index contributed by atoms with van der Waals surface area (Å²) in [4.78, 5) is 6.80. The molecule has 0 spiro atoms. The van der Waals surface area contributed by atoms with Crippen LogP contribution in [0, 0.1) is 5.82 Å². The van der Waals surface area contributed by atoms with Gasteiger partial charge in [0.15, 0.2) is 5.82 Å². The summed E-state index contributed by atoms with van der Waals surface area (Å²) in [5.41, 5.74) is 0.745. The second-order valence-corrected chi connectivity index (χ2v) is 6.26. The van der Waals surface area contributed by atoms with Crippen LogP contribution in [0.3, 0.4) is 0 Å². The van der Waals surface area contributed by atoms with Gasteiger partial charge in [-0.15, -0.1) is 5.10 Å². The normalized spacial score (nSPS) is 18.6. The molecule has 0 saturated carbocycles. The maximum absolute atomic E-state index is 13.0. The van der Waals surface area contributed by atoms with Crippen LogP contribution < -0.4 is 0 Å². The van der Waals surface area contributed by atoms with Crippen LogP contribution in [-0.2, 0) is 13.6 Å². The highest BCUT2D eigenvalue weighted by Gasteiger charge is 2.27. The number of likely N-dealkylation sites (tertiary alicyclic amines) is 1. The van der Waals surface area contributed by atoms with Gasteiger partial charge in [0.2, 0.25) is 11.7 Å². The molecule has 0 radical (unpaired) electrons. The minimum absolute atomic E-state index is 0.177. The molecule has 1 saturated heterocycles. The third-order valence-electron chi connectivity index (χ3n) is 4.47. The summed E-state index contributed by atoms with van der Waals surface area (Å²) in [7, 11) is 1.84. The molecule has 9 heteroatoms. The summed E-state index contributed by atoms with van der Waals surface area (Å²) in [6.45, 7) is 2.50. The van der Waals surface area contributed by atoms with Crippen LogP contribution in [0.1, 0.15) is 30.5 Å². The zero-order valence-electron chi connectivity index (χ0n) is 13.8. The van der Waals surface area contributed by atoms with Crippen molar-refractivity contribution >= 4 is 0 Å². The molecule has 0 aliphatic carbocycles. The monoisotopic (exact) mass is 343 g/mol. The Bertz CT molecular complexity index is 844. The Morgan fingerprint density at radius 1 is 1.28 bits per heavy atom. The van der Waals surface area contributed by atoms with Gasteiger partial charge in [0.05, 0.1) is 12.5 Å². The van der Waals surface area contributed by atoms with Crippen molar-refractivity contribution in [3.05, 3.63) is 41.8 Å². The zero-order chi connectivity index (χ0) is 17.2. The Kier molecular flexibility index (Phi) is 4.22. The van der Waals surface area contributed by atoms with E-state index in [4.69, 9.17) is 4.52 Å². The standard InChI is InChI=1S/C16H18FN7O/c1-23-14(19-21-22-23)10-24-8-2-3-12(9-24)16-18-15(20-25-16)11-4-6-13(17)7-5-11/h4-7,12H,2-3,8-10H2,1H3. The predicted octanol–water partition coefficient (Wildman–Crippen LogP) is 1.78. The van der Waals surface area contributed by atoms with Gasteiger partial charge in [0.25, 0.3) is 0 Å². The Labute approximate surface area is 143 Å². The molecular weight excluding hydrogens is 325 g/mol. The first kappa shape index (κ1) is 15.8. The van der Waals surface area contributed by atoms with Crippen molar-refractivity contribution in [2.75, 3.05) is 13.1 Å². The number of hydrogen-bond donors (Lipinski definition) is 0. The summed E-state index contributed by atoms with van der Waals surface area (Å²) < 4.78 is 20.2. The van der Waals surface area contributed by atoms with E-state index in [1.54, 1.807) is 16.8 Å². The van der Waals surface area contributed by atoms with Gasteiger partial charge in [-0.2, -0.15) is 4.98 Å². The highest BCUT2D eigenvalue weighted by Crippen LogP contribution is 2.28. The van der Waals surface area contributed by atoms with E-state index in [-0.39, 0.29) is 11.7 Å². The van der Waals surface area contributed by atoms with E-state index in [0.29, 0.717) is 18.3 Å². The lowest BCUT2D eigenvalue weighted by atomic mass is 9.98. The molecule has 1 atom stereocenters. The summed E-state index contributed by atoms with van der Waals surface area (Å²) in [5.74, 6) is 1.84. The first-order chi connectivity index (χ1) is 12.2. The van der Waals surface area contributed by atoms with Crippen LogP contribution in [0.15, 0.2) is 28.8 Å². The van der Waals surface area contributed by atoms with Crippen molar-refractivity contribution in [2.45, 2.75) is 25.3 Å². The van der Waals surface area contributed by atoms with E-state index in [9.17, 15) is 4.39 Å². The Morgan fingerprint density at radius 2 is 2.12 bits per heavy atom. The van der Waals surface area contributed by atoms with E-state index in [1.807, 2.05) is 7.05 Å². The van der Waals surface area contributed by atoms with Gasteiger partial charge in [-0.25, -0.2) is 9.07 Å². The predicted molar refractivity (Wildman–Crippen MR) is 85.7 cm³/mol. The molecule has 1 fully saturated rings. The van der Waals surface area contributed by atoms with Gasteiger partial charge in [-0.3, -0.25) is 4.90 Å². The first-order valence-electron chi connectivity index (χ1n) is 8.22. The number of aryl methyl sites for hydroxylation is 1. The molecule has 25 heavy (non-hydrogen) atoms. The van der Waals surface area contributed by atoms with Crippen molar-refractivity contribution < 1.29 is 8.91 Å². The molecule has 130 valence electrons. The molecule has 0 amide bonds. The number of nitrogens with zero attached hydrogens (tertiary/aromatic N) is 7. The smallest absolute Gasteiger partial charge is 0.231 e. The molecule has 3 heterocycles. The number of rotatable bonds is 4. The molecule has 4 rings (SSSR count). The fourth-order valence-electron chi connectivity index (χ4n) is 3.10. The molecule has 1 unspecified atom stereocenters. The minimum atomic E-state index is -0.284. The highest BCUT2D eigenvalue weighted by atomic mass is 19.1. The fourth-order valence-corrected chi connectivity index (χ4v) is 3.10. The van der Waals surface area contributed by atoms with Crippen molar-refractivity contribution in [3.63, 3.8) is 0 Å². The second kappa shape index (κ2) is 6.67. The second-order valence-electron chi connectivity index (χ2n) is 6.26. The summed E-state index contributed by atoms with van der Waals surface area (Å²) in [6.07, 6.45) is 2.04. The lowest BCUT2D eigenvalue weighted by molar-refractivity contribution is 0.175. The zero-order valence-corrected chi connectivity index (χ0v) is 13.8. The molecule has 3 aromatic rings. The van der Waals surface area contributed by atoms with E-state index in [1.165, 1.54) is 12.1 Å². The lowest BCUT2D eigenvalue weighted by Crippen LogP contribution is -2.34. The Hall–Kier alpha value is -2.68. The van der Waals surface area contributed by atoms with Crippen LogP contribution in [0.4, 0.5) is 4.39 Å². The van der Waals surface area contributed by atoms with Crippen LogP contribution in [0.25, 0.3) is 11.4 Å². The van der Waals surface area contributed by atoms with Gasteiger partial charge < -0.3 is 4.52 Å². The first-order valence-corrected chi connectivity index (χ1v) is 8.22. The Balaban J connectivity index is 1.46. The number of aromatic nitrogens is 6. The molecule has 0 bridgehead atoms. The molecule has 1 aliphatic heterocycles. The van der Waals surface area contributed by atoms with Gasteiger partial charge in [0.1, 0.15) is 5.82 Å². The SMILES string of the molecule is Cn1nnnc1CN1CCCC(c2nc(-c3ccc(F)cc3)no2)C1. The quantitative estimate of drug-likeness (QED) is 0.714. The van der Waals surface area contributed by atoms with Gasteiger partial charge in [-0.05, 0) is 54.1 Å². The molecular formula is C16H18FN7O. The molecule has 8 nitrogen and oxygen atoms in total. The fraction of sp³-hybridized carbons (Fsp3) is 0.438. The van der Waals surface area contributed by atoms with Crippen LogP contribution >= 0.6 is 0 Å². The third kappa shape index (κ3) is 3.41. The van der Waals surface area contributed by atoms with E-state index in [2.05, 4.69) is 30.6 Å². The maximum Gasteiger partial charge on any atom is 0.231 e. The van der Waals surface area contributed by atoms with Crippen molar-refractivity contribution in [3.8, 4) is 11.4 Å². The van der Waals surface area contributed by atoms with Gasteiger partial charge in [-0.1, -0.05) is 5.16 Å². The average Bonchev–Trinajstić information content (AvgIpc) is 3.26. The summed E-state index contributed by atoms with van der Waals surface area (Å²) in [5, 5.41) is 15.6. The minimum Gasteiger partial charge on any atom is -0.339 e. The van der Waals surface area contributed by atoms with Crippen LogP contribution in [-0.4, -0.2) is 48.3 Å². The number of halogens is 1. The summed E-state index contributed by atoms with van der Waals surface area (Å²) >= 11 is 0. The summed E-state index contributed by atoms with van der Waals surface area (Å²) in [6, 6.07) is 6.09. The third-order valence-corrected chi connectivity index (χ3v) is 4.47. The van der Waals surface area contributed by atoms with Crippen molar-refractivity contribution in [2.24, 2.45) is 7.05 Å². The topological polar surface area (TPSA) is 85.8 Å². The number of hydrogen-bond acceptors (Lipinski definition) is 7. The number of piperidine rings is 1. The van der Waals surface area contributed by atoms with Gasteiger partial charge >= 0.3 is 0 Å². The van der Waals surface area contributed by atoms with E-state index < -0.39 is 0 Å². The average molecular weight is 343 g/mol. The van der Waals surface area contributed by atoms with Crippen molar-refractivity contribution in [1.29, 1.82) is 0 Å². The molecule has 1 aliphatic rings. The highest BCUT2D eigenvalue weighted by molar-refractivity contribution is 5.53.